The van der Waals surface area contributed by atoms with Crippen molar-refractivity contribution in [3.63, 3.8) is 0 Å². The second-order valence-electron chi connectivity index (χ2n) is 5.39. The van der Waals surface area contributed by atoms with Crippen LogP contribution >= 0.6 is 19.2 Å². The molecular formula is C15H32ClP. The van der Waals surface area contributed by atoms with Crippen LogP contribution in [0.15, 0.2) is 0 Å². The first kappa shape index (κ1) is 17.7. The van der Waals surface area contributed by atoms with Gasteiger partial charge >= 0.3 is 0 Å². The Morgan fingerprint density at radius 2 is 1.35 bits per heavy atom. The zero-order valence-electron chi connectivity index (χ0n) is 11.9. The van der Waals surface area contributed by atoms with E-state index in [1.54, 1.807) is 0 Å². The van der Waals surface area contributed by atoms with Crippen LogP contribution in [0.3, 0.4) is 0 Å². The highest BCUT2D eigenvalue weighted by Crippen LogP contribution is 2.19. The summed E-state index contributed by atoms with van der Waals surface area (Å²) in [4.78, 5) is 0. The molecule has 0 heterocycles. The molecule has 2 unspecified atom stereocenters. The Labute approximate surface area is 116 Å². The molecule has 0 aromatic carbocycles. The largest absolute Gasteiger partial charge is 0.100 e. The molecule has 0 nitrogen and oxygen atoms in total. The minimum atomic E-state index is 0.639. The summed E-state index contributed by atoms with van der Waals surface area (Å²) >= 11 is 5.68. The first-order valence-corrected chi connectivity index (χ1v) is 9.86. The summed E-state index contributed by atoms with van der Waals surface area (Å²) < 4.78 is 0. The van der Waals surface area contributed by atoms with E-state index in [-0.39, 0.29) is 0 Å². The number of unbranched alkanes of at least 4 members (excludes halogenated alkanes) is 7. The Balaban J connectivity index is 3.02. The van der Waals surface area contributed by atoms with Crippen LogP contribution in [-0.4, -0.2) is 6.16 Å². The van der Waals surface area contributed by atoms with E-state index in [1.165, 1.54) is 76.8 Å². The van der Waals surface area contributed by atoms with Gasteiger partial charge in [-0.3, -0.25) is 0 Å². The van der Waals surface area contributed by atoms with E-state index in [0.717, 1.165) is 5.92 Å². The highest BCUT2D eigenvalue weighted by Gasteiger charge is 2.00. The molecule has 17 heavy (non-hydrogen) atoms. The molecule has 0 N–H and O–H groups in total. The Hall–Kier alpha value is 0.720. The van der Waals surface area contributed by atoms with E-state index >= 15 is 0 Å². The lowest BCUT2D eigenvalue weighted by atomic mass is 9.97. The van der Waals surface area contributed by atoms with E-state index in [4.69, 9.17) is 11.2 Å². The van der Waals surface area contributed by atoms with Crippen LogP contribution in [0, 0.1) is 5.92 Å². The molecule has 2 atom stereocenters. The van der Waals surface area contributed by atoms with Crippen molar-refractivity contribution in [2.45, 2.75) is 84.5 Å². The van der Waals surface area contributed by atoms with Crippen molar-refractivity contribution in [2.75, 3.05) is 6.16 Å². The smallest absolute Gasteiger partial charge is 0.0214 e. The lowest BCUT2D eigenvalue weighted by molar-refractivity contribution is 0.441. The highest BCUT2D eigenvalue weighted by molar-refractivity contribution is 7.68. The zero-order chi connectivity index (χ0) is 12.8. The molecule has 0 radical (unpaired) electrons. The van der Waals surface area contributed by atoms with E-state index in [9.17, 15) is 0 Å². The van der Waals surface area contributed by atoms with Gasteiger partial charge in [0.05, 0.1) is 0 Å². The van der Waals surface area contributed by atoms with Gasteiger partial charge in [-0.15, -0.1) is 11.2 Å². The Morgan fingerprint density at radius 3 is 1.94 bits per heavy atom. The van der Waals surface area contributed by atoms with E-state index in [0.29, 0.717) is 7.93 Å². The summed E-state index contributed by atoms with van der Waals surface area (Å²) in [5.41, 5.74) is 0. The lowest BCUT2D eigenvalue weighted by Crippen LogP contribution is -1.94. The predicted molar refractivity (Wildman–Crippen MR) is 84.7 cm³/mol. The van der Waals surface area contributed by atoms with Gasteiger partial charge in [-0.05, 0) is 26.4 Å². The Kier molecular flexibility index (Phi) is 15.4. The molecule has 0 bridgehead atoms. The summed E-state index contributed by atoms with van der Waals surface area (Å²) in [5.74, 6) is 0.958. The fourth-order valence-electron chi connectivity index (χ4n) is 2.27. The zero-order valence-corrected chi connectivity index (χ0v) is 13.7. The van der Waals surface area contributed by atoms with Crippen molar-refractivity contribution in [1.29, 1.82) is 0 Å². The molecule has 0 fully saturated rings. The fourth-order valence-corrected chi connectivity index (χ4v) is 3.05. The van der Waals surface area contributed by atoms with Crippen molar-refractivity contribution in [2.24, 2.45) is 5.92 Å². The highest BCUT2D eigenvalue weighted by atomic mass is 35.7. The van der Waals surface area contributed by atoms with Gasteiger partial charge < -0.3 is 0 Å². The molecule has 0 spiro atoms. The third kappa shape index (κ3) is 14.7. The minimum absolute atomic E-state index is 0.639. The topological polar surface area (TPSA) is 0 Å². The monoisotopic (exact) mass is 278 g/mol. The molecule has 0 aromatic rings. The Bertz CT molecular complexity index is 139. The fraction of sp³-hybridized carbons (Fsp3) is 1.00. The number of hydrogen-bond acceptors (Lipinski definition) is 0. The number of hydrogen-bond donors (Lipinski definition) is 0. The van der Waals surface area contributed by atoms with Crippen molar-refractivity contribution in [3.05, 3.63) is 0 Å². The maximum atomic E-state index is 5.68. The third-order valence-corrected chi connectivity index (χ3v) is 4.63. The summed E-state index contributed by atoms with van der Waals surface area (Å²) in [7, 11) is 0.639. The summed E-state index contributed by atoms with van der Waals surface area (Å²) in [6.45, 7) is 4.71. The van der Waals surface area contributed by atoms with Gasteiger partial charge in [0.1, 0.15) is 0 Å². The van der Waals surface area contributed by atoms with Gasteiger partial charge in [-0.1, -0.05) is 78.1 Å². The molecule has 0 aliphatic heterocycles. The van der Waals surface area contributed by atoms with Crippen LogP contribution in [0.5, 0.6) is 0 Å². The summed E-state index contributed by atoms with van der Waals surface area (Å²) in [6, 6.07) is 0. The maximum absolute atomic E-state index is 5.68. The van der Waals surface area contributed by atoms with Crippen molar-refractivity contribution >= 4 is 19.2 Å². The van der Waals surface area contributed by atoms with Crippen LogP contribution < -0.4 is 0 Å². The second-order valence-corrected chi connectivity index (χ2v) is 6.96. The standard InChI is InChI=1S/C15H32ClP/c1-3-4-12-15(2)13-10-8-6-5-7-9-11-14-17-16/h15,17H,3-14H2,1-2H3. The van der Waals surface area contributed by atoms with Crippen molar-refractivity contribution < 1.29 is 0 Å². The summed E-state index contributed by atoms with van der Waals surface area (Å²) in [6.07, 6.45) is 16.9. The molecule has 0 aliphatic rings. The van der Waals surface area contributed by atoms with E-state index in [1.807, 2.05) is 0 Å². The first-order valence-electron chi connectivity index (χ1n) is 7.64. The van der Waals surface area contributed by atoms with Gasteiger partial charge in [0.25, 0.3) is 0 Å². The molecule has 0 aliphatic carbocycles. The molecule has 104 valence electrons. The Morgan fingerprint density at radius 1 is 0.824 bits per heavy atom. The van der Waals surface area contributed by atoms with Gasteiger partial charge in [-0.25, -0.2) is 0 Å². The van der Waals surface area contributed by atoms with Crippen molar-refractivity contribution in [3.8, 4) is 0 Å². The molecule has 0 saturated carbocycles. The maximum Gasteiger partial charge on any atom is -0.0214 e. The number of rotatable bonds is 13. The minimum Gasteiger partial charge on any atom is -0.100 e. The van der Waals surface area contributed by atoms with Crippen LogP contribution in [0.4, 0.5) is 0 Å². The van der Waals surface area contributed by atoms with Crippen LogP contribution in [0.1, 0.15) is 84.5 Å². The predicted octanol–water partition coefficient (Wildman–Crippen LogP) is 6.77. The molecule has 0 saturated heterocycles. The molecule has 0 aromatic heterocycles. The molecule has 0 amide bonds. The van der Waals surface area contributed by atoms with E-state index in [2.05, 4.69) is 13.8 Å². The molecule has 2 heteroatoms. The number of halogens is 1. The third-order valence-electron chi connectivity index (χ3n) is 3.52. The average molecular weight is 279 g/mol. The normalized spacial score (nSPS) is 13.6. The van der Waals surface area contributed by atoms with Crippen LogP contribution in [0.2, 0.25) is 0 Å². The molecule has 0 rings (SSSR count). The second kappa shape index (κ2) is 14.8. The van der Waals surface area contributed by atoms with Gasteiger partial charge in [0.15, 0.2) is 0 Å². The average Bonchev–Trinajstić information content (AvgIpc) is 2.34. The van der Waals surface area contributed by atoms with Gasteiger partial charge in [0.2, 0.25) is 0 Å². The summed E-state index contributed by atoms with van der Waals surface area (Å²) in [5, 5.41) is 0. The lowest BCUT2D eigenvalue weighted by Gasteiger charge is -2.10. The SMILES string of the molecule is CCCCC(C)CCCCCCCCCPCl. The first-order chi connectivity index (χ1) is 8.31. The van der Waals surface area contributed by atoms with E-state index < -0.39 is 0 Å². The van der Waals surface area contributed by atoms with Gasteiger partial charge in [-0.2, -0.15) is 0 Å². The van der Waals surface area contributed by atoms with Gasteiger partial charge in [0, 0.05) is 0 Å². The quantitative estimate of drug-likeness (QED) is 0.258. The van der Waals surface area contributed by atoms with Crippen molar-refractivity contribution in [1.82, 2.24) is 0 Å². The molecular weight excluding hydrogens is 247 g/mol. The van der Waals surface area contributed by atoms with Crippen LogP contribution in [-0.2, 0) is 0 Å². The van der Waals surface area contributed by atoms with Crippen LogP contribution in [0.25, 0.3) is 0 Å².